The van der Waals surface area contributed by atoms with Crippen molar-refractivity contribution in [3.05, 3.63) is 46.3 Å². The van der Waals surface area contributed by atoms with Crippen LogP contribution < -0.4 is 5.73 Å². The van der Waals surface area contributed by atoms with Crippen LogP contribution in [-0.4, -0.2) is 4.98 Å². The van der Waals surface area contributed by atoms with Gasteiger partial charge in [-0.1, -0.05) is 35.5 Å². The van der Waals surface area contributed by atoms with Gasteiger partial charge in [0.15, 0.2) is 0 Å². The van der Waals surface area contributed by atoms with Crippen LogP contribution in [0.4, 0.5) is 0 Å². The Bertz CT molecular complexity index is 513. The first kappa shape index (κ1) is 12.5. The number of aryl methyl sites for hydroxylation is 1. The summed E-state index contributed by atoms with van der Waals surface area (Å²) >= 11 is 7.69. The highest BCUT2D eigenvalue weighted by atomic mass is 35.5. The highest BCUT2D eigenvalue weighted by molar-refractivity contribution is 7.98. The number of oxazole rings is 1. The van der Waals surface area contributed by atoms with E-state index in [0.29, 0.717) is 11.8 Å². The molecule has 5 heteroatoms. The van der Waals surface area contributed by atoms with Crippen molar-refractivity contribution in [3.8, 4) is 0 Å². The van der Waals surface area contributed by atoms with Crippen molar-refractivity contribution in [2.45, 2.75) is 24.4 Å². The molecule has 0 radical (unpaired) electrons. The number of nitrogens with zero attached hydrogens (tertiary/aromatic N) is 1. The average Bonchev–Trinajstić information content (AvgIpc) is 2.73. The Morgan fingerprint density at radius 1 is 1.47 bits per heavy atom. The molecule has 0 atom stereocenters. The van der Waals surface area contributed by atoms with Crippen molar-refractivity contribution >= 4 is 23.4 Å². The summed E-state index contributed by atoms with van der Waals surface area (Å²) in [5, 5.41) is 1.41. The highest BCUT2D eigenvalue weighted by Crippen LogP contribution is 2.26. The fourth-order valence-electron chi connectivity index (χ4n) is 1.37. The number of benzene rings is 1. The molecule has 0 aliphatic heterocycles. The third-order valence-corrected chi connectivity index (χ3v) is 3.54. The van der Waals surface area contributed by atoms with E-state index < -0.39 is 0 Å². The normalized spacial score (nSPS) is 10.8. The van der Waals surface area contributed by atoms with Crippen molar-refractivity contribution in [1.82, 2.24) is 4.98 Å². The molecule has 0 amide bonds. The van der Waals surface area contributed by atoms with Crippen LogP contribution in [0.3, 0.4) is 0 Å². The van der Waals surface area contributed by atoms with E-state index in [1.807, 2.05) is 25.1 Å². The van der Waals surface area contributed by atoms with E-state index in [2.05, 4.69) is 4.98 Å². The van der Waals surface area contributed by atoms with Crippen LogP contribution in [0, 0.1) is 6.92 Å². The van der Waals surface area contributed by atoms with E-state index in [1.165, 1.54) is 11.8 Å². The van der Waals surface area contributed by atoms with Gasteiger partial charge in [-0.05, 0) is 24.1 Å². The molecule has 0 saturated carbocycles. The van der Waals surface area contributed by atoms with Gasteiger partial charge < -0.3 is 10.2 Å². The second-order valence-electron chi connectivity index (χ2n) is 3.67. The summed E-state index contributed by atoms with van der Waals surface area (Å²) in [7, 11) is 0. The molecular formula is C12H13ClN2OS. The molecule has 0 bridgehead atoms. The number of nitrogens with two attached hydrogens (primary N) is 1. The summed E-state index contributed by atoms with van der Waals surface area (Å²) in [5.41, 5.74) is 8.53. The predicted octanol–water partition coefficient (Wildman–Crippen LogP) is 3.39. The number of hydrogen-bond donors (Lipinski definition) is 1. The van der Waals surface area contributed by atoms with E-state index in [4.69, 9.17) is 21.8 Å². The van der Waals surface area contributed by atoms with Crippen molar-refractivity contribution in [2.24, 2.45) is 5.73 Å². The lowest BCUT2D eigenvalue weighted by Gasteiger charge is -2.04. The molecule has 0 fully saturated rings. The summed E-state index contributed by atoms with van der Waals surface area (Å²) in [5.74, 6) is 0.740. The number of hydrogen-bond acceptors (Lipinski definition) is 4. The van der Waals surface area contributed by atoms with Crippen molar-refractivity contribution in [2.75, 3.05) is 0 Å². The lowest BCUT2D eigenvalue weighted by Crippen LogP contribution is -1.96. The monoisotopic (exact) mass is 268 g/mol. The van der Waals surface area contributed by atoms with Gasteiger partial charge in [0.1, 0.15) is 6.26 Å². The van der Waals surface area contributed by atoms with Gasteiger partial charge >= 0.3 is 0 Å². The van der Waals surface area contributed by atoms with Crippen LogP contribution in [0.25, 0.3) is 0 Å². The summed E-state index contributed by atoms with van der Waals surface area (Å²) in [4.78, 5) is 4.22. The largest absolute Gasteiger partial charge is 0.440 e. The minimum atomic E-state index is 0.506. The molecular weight excluding hydrogens is 256 g/mol. The maximum absolute atomic E-state index is 6.16. The van der Waals surface area contributed by atoms with Crippen LogP contribution in [0.2, 0.25) is 5.02 Å². The van der Waals surface area contributed by atoms with Crippen LogP contribution in [0.1, 0.15) is 16.8 Å². The molecule has 2 rings (SSSR count). The maximum Gasteiger partial charge on any atom is 0.256 e. The van der Waals surface area contributed by atoms with Crippen LogP contribution in [-0.2, 0) is 12.3 Å². The zero-order valence-corrected chi connectivity index (χ0v) is 11.0. The smallest absolute Gasteiger partial charge is 0.256 e. The SMILES string of the molecule is Cc1coc(SCc2ccc(CN)cc2Cl)n1. The molecule has 0 saturated heterocycles. The molecule has 2 N–H and O–H groups in total. The third kappa shape index (κ3) is 3.25. The summed E-state index contributed by atoms with van der Waals surface area (Å²) < 4.78 is 5.26. The van der Waals surface area contributed by atoms with Crippen LogP contribution in [0.15, 0.2) is 34.1 Å². The number of thioether (sulfide) groups is 1. The average molecular weight is 269 g/mol. The Balaban J connectivity index is 2.04. The summed E-state index contributed by atoms with van der Waals surface area (Å²) in [6, 6.07) is 5.88. The van der Waals surface area contributed by atoms with E-state index >= 15 is 0 Å². The first-order valence-electron chi connectivity index (χ1n) is 5.21. The second-order valence-corrected chi connectivity index (χ2v) is 5.01. The van der Waals surface area contributed by atoms with Gasteiger partial charge in [-0.3, -0.25) is 0 Å². The lowest BCUT2D eigenvalue weighted by atomic mass is 10.1. The maximum atomic E-state index is 6.16. The fourth-order valence-corrected chi connectivity index (χ4v) is 2.58. The molecule has 0 unspecified atom stereocenters. The molecule has 0 aliphatic carbocycles. The number of aromatic nitrogens is 1. The molecule has 0 aliphatic rings. The molecule has 3 nitrogen and oxygen atoms in total. The lowest BCUT2D eigenvalue weighted by molar-refractivity contribution is 0.454. The number of rotatable bonds is 4. The number of halogens is 1. The molecule has 1 aromatic heterocycles. The topological polar surface area (TPSA) is 52.0 Å². The third-order valence-electron chi connectivity index (χ3n) is 2.30. The van der Waals surface area contributed by atoms with Crippen molar-refractivity contribution < 1.29 is 4.42 Å². The van der Waals surface area contributed by atoms with Crippen molar-refractivity contribution in [3.63, 3.8) is 0 Å². The van der Waals surface area contributed by atoms with E-state index in [-0.39, 0.29) is 0 Å². The van der Waals surface area contributed by atoms with E-state index in [1.54, 1.807) is 6.26 Å². The van der Waals surface area contributed by atoms with Gasteiger partial charge in [0.05, 0.1) is 5.69 Å². The Kier molecular flexibility index (Phi) is 4.10. The Morgan fingerprint density at radius 2 is 2.29 bits per heavy atom. The highest BCUT2D eigenvalue weighted by Gasteiger charge is 2.05. The Labute approximate surface area is 109 Å². The zero-order chi connectivity index (χ0) is 12.3. The molecule has 1 aromatic carbocycles. The van der Waals surface area contributed by atoms with Gasteiger partial charge in [-0.2, -0.15) is 0 Å². The standard InChI is InChI=1S/C12H13ClN2OS/c1-8-6-16-12(15-8)17-7-10-3-2-9(5-14)4-11(10)13/h2-4,6H,5,7,14H2,1H3. The van der Waals surface area contributed by atoms with Crippen LogP contribution in [0.5, 0.6) is 0 Å². The summed E-state index contributed by atoms with van der Waals surface area (Å²) in [6.45, 7) is 2.41. The van der Waals surface area contributed by atoms with Gasteiger partial charge in [0.2, 0.25) is 0 Å². The van der Waals surface area contributed by atoms with E-state index in [0.717, 1.165) is 27.6 Å². The predicted molar refractivity (Wildman–Crippen MR) is 70.1 cm³/mol. The van der Waals surface area contributed by atoms with Gasteiger partial charge in [-0.25, -0.2) is 4.98 Å². The Hall–Kier alpha value is -0.970. The summed E-state index contributed by atoms with van der Waals surface area (Å²) in [6.07, 6.45) is 1.64. The molecule has 1 heterocycles. The zero-order valence-electron chi connectivity index (χ0n) is 9.44. The molecule has 17 heavy (non-hydrogen) atoms. The first-order valence-corrected chi connectivity index (χ1v) is 6.57. The van der Waals surface area contributed by atoms with Crippen LogP contribution >= 0.6 is 23.4 Å². The first-order chi connectivity index (χ1) is 8.19. The fraction of sp³-hybridized carbons (Fsp3) is 0.250. The molecule has 0 spiro atoms. The Morgan fingerprint density at radius 3 is 2.88 bits per heavy atom. The van der Waals surface area contributed by atoms with Gasteiger partial charge in [0, 0.05) is 17.3 Å². The van der Waals surface area contributed by atoms with Gasteiger partial charge in [-0.15, -0.1) is 0 Å². The van der Waals surface area contributed by atoms with E-state index in [9.17, 15) is 0 Å². The molecule has 90 valence electrons. The minimum Gasteiger partial charge on any atom is -0.440 e. The quantitative estimate of drug-likeness (QED) is 0.864. The minimum absolute atomic E-state index is 0.506. The van der Waals surface area contributed by atoms with Crippen molar-refractivity contribution in [1.29, 1.82) is 0 Å². The van der Waals surface area contributed by atoms with Gasteiger partial charge in [0.25, 0.3) is 5.22 Å². The molecule has 2 aromatic rings. The second kappa shape index (κ2) is 5.58.